The highest BCUT2D eigenvalue weighted by molar-refractivity contribution is 8.00. The van der Waals surface area contributed by atoms with Crippen molar-refractivity contribution in [3.05, 3.63) is 29.8 Å². The van der Waals surface area contributed by atoms with Crippen molar-refractivity contribution < 1.29 is 14.6 Å². The van der Waals surface area contributed by atoms with Crippen LogP contribution < -0.4 is 4.74 Å². The Morgan fingerprint density at radius 3 is 2.50 bits per heavy atom. The summed E-state index contributed by atoms with van der Waals surface area (Å²) >= 11 is 1.52. The van der Waals surface area contributed by atoms with Gasteiger partial charge in [0.1, 0.15) is 10.5 Å². The summed E-state index contributed by atoms with van der Waals surface area (Å²) in [5.41, 5.74) is 1.14. The van der Waals surface area contributed by atoms with E-state index in [0.29, 0.717) is 0 Å². The molecule has 3 nitrogen and oxygen atoms in total. The summed E-state index contributed by atoms with van der Waals surface area (Å²) in [6, 6.07) is 7.75. The number of thioether (sulfide) groups is 1. The molecule has 1 N–H and O–H groups in total. The van der Waals surface area contributed by atoms with Gasteiger partial charge >= 0.3 is 5.97 Å². The summed E-state index contributed by atoms with van der Waals surface area (Å²) in [6.07, 6.45) is 1.59. The Hall–Kier alpha value is -1.16. The zero-order valence-corrected chi connectivity index (χ0v) is 9.92. The van der Waals surface area contributed by atoms with Crippen LogP contribution in [0.15, 0.2) is 24.3 Å². The SMILES string of the molecule is COc1ccc(CSC2(C(=O)O)CC2)cc1. The number of ether oxygens (including phenoxy) is 1. The minimum Gasteiger partial charge on any atom is -0.497 e. The summed E-state index contributed by atoms with van der Waals surface area (Å²) < 4.78 is 4.56. The van der Waals surface area contributed by atoms with Crippen molar-refractivity contribution in [1.29, 1.82) is 0 Å². The van der Waals surface area contributed by atoms with Crippen LogP contribution in [0.2, 0.25) is 0 Å². The van der Waals surface area contributed by atoms with Crippen LogP contribution in [-0.4, -0.2) is 22.9 Å². The molecule has 0 radical (unpaired) electrons. The lowest BCUT2D eigenvalue weighted by molar-refractivity contribution is -0.137. The van der Waals surface area contributed by atoms with Crippen LogP contribution in [0.5, 0.6) is 5.75 Å². The molecule has 2 rings (SSSR count). The van der Waals surface area contributed by atoms with Gasteiger partial charge in [0.15, 0.2) is 0 Å². The second-order valence-electron chi connectivity index (χ2n) is 3.94. The van der Waals surface area contributed by atoms with Crippen molar-refractivity contribution in [3.63, 3.8) is 0 Å². The number of carboxylic acids is 1. The lowest BCUT2D eigenvalue weighted by Crippen LogP contribution is -2.17. The average molecular weight is 238 g/mol. The Bertz CT molecular complexity index is 382. The Kier molecular flexibility index (Phi) is 3.10. The monoisotopic (exact) mass is 238 g/mol. The van der Waals surface area contributed by atoms with Crippen LogP contribution >= 0.6 is 11.8 Å². The Morgan fingerprint density at radius 1 is 1.44 bits per heavy atom. The molecule has 0 aliphatic heterocycles. The molecule has 86 valence electrons. The number of aliphatic carboxylic acids is 1. The van der Waals surface area contributed by atoms with Gasteiger partial charge < -0.3 is 9.84 Å². The van der Waals surface area contributed by atoms with E-state index in [1.807, 2.05) is 24.3 Å². The van der Waals surface area contributed by atoms with Crippen LogP contribution in [0.1, 0.15) is 18.4 Å². The maximum absolute atomic E-state index is 11.0. The van der Waals surface area contributed by atoms with E-state index in [-0.39, 0.29) is 0 Å². The van der Waals surface area contributed by atoms with E-state index in [9.17, 15) is 4.79 Å². The van der Waals surface area contributed by atoms with Crippen LogP contribution in [0.25, 0.3) is 0 Å². The quantitative estimate of drug-likeness (QED) is 0.856. The molecule has 1 aliphatic rings. The summed E-state index contributed by atoms with van der Waals surface area (Å²) in [4.78, 5) is 11.0. The molecule has 0 unspecified atom stereocenters. The molecule has 4 heteroatoms. The second-order valence-corrected chi connectivity index (χ2v) is 5.30. The molecule has 1 aliphatic carbocycles. The third kappa shape index (κ3) is 2.32. The van der Waals surface area contributed by atoms with Gasteiger partial charge in [0.25, 0.3) is 0 Å². The van der Waals surface area contributed by atoms with Gasteiger partial charge in [-0.2, -0.15) is 0 Å². The van der Waals surface area contributed by atoms with Gasteiger partial charge in [0.05, 0.1) is 7.11 Å². The van der Waals surface area contributed by atoms with Gasteiger partial charge in [0.2, 0.25) is 0 Å². The number of hydrogen-bond donors (Lipinski definition) is 1. The molecule has 0 bridgehead atoms. The number of hydrogen-bond acceptors (Lipinski definition) is 3. The number of benzene rings is 1. The molecule has 1 aromatic rings. The van der Waals surface area contributed by atoms with Crippen molar-refractivity contribution in [1.82, 2.24) is 0 Å². The molecular weight excluding hydrogens is 224 g/mol. The predicted octanol–water partition coefficient (Wildman–Crippen LogP) is 2.55. The van der Waals surface area contributed by atoms with Crippen LogP contribution in [0.3, 0.4) is 0 Å². The van der Waals surface area contributed by atoms with Crippen molar-refractivity contribution >= 4 is 17.7 Å². The average Bonchev–Trinajstić information content (AvgIpc) is 3.08. The molecule has 0 atom stereocenters. The van der Waals surface area contributed by atoms with Gasteiger partial charge in [0, 0.05) is 5.75 Å². The Morgan fingerprint density at radius 2 is 2.06 bits per heavy atom. The van der Waals surface area contributed by atoms with E-state index in [2.05, 4.69) is 0 Å². The third-order valence-electron chi connectivity index (χ3n) is 2.77. The van der Waals surface area contributed by atoms with E-state index in [1.165, 1.54) is 11.8 Å². The molecular formula is C12H14O3S. The first-order valence-corrected chi connectivity index (χ1v) is 6.15. The topological polar surface area (TPSA) is 46.5 Å². The highest BCUT2D eigenvalue weighted by Crippen LogP contribution is 2.49. The fourth-order valence-electron chi connectivity index (χ4n) is 1.48. The van der Waals surface area contributed by atoms with E-state index in [1.54, 1.807) is 7.11 Å². The normalized spacial score (nSPS) is 16.8. The lowest BCUT2D eigenvalue weighted by atomic mass is 10.2. The minimum absolute atomic E-state index is 0.500. The standard InChI is InChI=1S/C12H14O3S/c1-15-10-4-2-9(3-5-10)8-16-12(6-7-12)11(13)14/h2-5H,6-8H2,1H3,(H,13,14). The summed E-state index contributed by atoms with van der Waals surface area (Å²) in [5.74, 6) is 0.898. The van der Waals surface area contributed by atoms with Crippen LogP contribution in [-0.2, 0) is 10.5 Å². The first kappa shape index (κ1) is 11.3. The zero-order chi connectivity index (χ0) is 11.6. The van der Waals surface area contributed by atoms with Crippen LogP contribution in [0, 0.1) is 0 Å². The van der Waals surface area contributed by atoms with E-state index < -0.39 is 10.7 Å². The fraction of sp³-hybridized carbons (Fsp3) is 0.417. The molecule has 0 amide bonds. The van der Waals surface area contributed by atoms with Crippen molar-refractivity contribution in [2.24, 2.45) is 0 Å². The van der Waals surface area contributed by atoms with E-state index in [0.717, 1.165) is 29.9 Å². The molecule has 0 spiro atoms. The van der Waals surface area contributed by atoms with Crippen molar-refractivity contribution in [3.8, 4) is 5.75 Å². The minimum atomic E-state index is -0.675. The summed E-state index contributed by atoms with van der Waals surface area (Å²) in [7, 11) is 1.63. The number of methoxy groups -OCH3 is 1. The first-order chi connectivity index (χ1) is 7.66. The smallest absolute Gasteiger partial charge is 0.319 e. The van der Waals surface area contributed by atoms with Gasteiger partial charge in [-0.05, 0) is 30.5 Å². The molecule has 0 aromatic heterocycles. The third-order valence-corrected chi connectivity index (χ3v) is 4.38. The zero-order valence-electron chi connectivity index (χ0n) is 9.10. The van der Waals surface area contributed by atoms with Crippen LogP contribution in [0.4, 0.5) is 0 Å². The summed E-state index contributed by atoms with van der Waals surface area (Å²) in [5, 5.41) is 9.02. The maximum atomic E-state index is 11.0. The largest absolute Gasteiger partial charge is 0.497 e. The number of rotatable bonds is 5. The molecule has 1 fully saturated rings. The fourth-order valence-corrected chi connectivity index (χ4v) is 2.63. The molecule has 16 heavy (non-hydrogen) atoms. The first-order valence-electron chi connectivity index (χ1n) is 5.16. The predicted molar refractivity (Wildman–Crippen MR) is 63.9 cm³/mol. The van der Waals surface area contributed by atoms with E-state index in [4.69, 9.17) is 9.84 Å². The molecule has 1 saturated carbocycles. The lowest BCUT2D eigenvalue weighted by Gasteiger charge is -2.09. The van der Waals surface area contributed by atoms with E-state index >= 15 is 0 Å². The summed E-state index contributed by atoms with van der Waals surface area (Å²) in [6.45, 7) is 0. The van der Waals surface area contributed by atoms with Gasteiger partial charge in [-0.1, -0.05) is 12.1 Å². The Balaban J connectivity index is 1.92. The molecule has 1 aromatic carbocycles. The Labute approximate surface area is 98.8 Å². The number of carboxylic acid groups (broad SMARTS) is 1. The second kappa shape index (κ2) is 4.37. The maximum Gasteiger partial charge on any atom is 0.319 e. The highest BCUT2D eigenvalue weighted by atomic mass is 32.2. The van der Waals surface area contributed by atoms with Crippen molar-refractivity contribution in [2.45, 2.75) is 23.3 Å². The van der Waals surface area contributed by atoms with Gasteiger partial charge in [-0.25, -0.2) is 0 Å². The highest BCUT2D eigenvalue weighted by Gasteiger charge is 2.50. The molecule has 0 saturated heterocycles. The van der Waals surface area contributed by atoms with Gasteiger partial charge in [-0.15, -0.1) is 11.8 Å². The molecule has 0 heterocycles. The van der Waals surface area contributed by atoms with Crippen molar-refractivity contribution in [2.75, 3.05) is 7.11 Å². The van der Waals surface area contributed by atoms with Gasteiger partial charge in [-0.3, -0.25) is 4.79 Å². The number of carbonyl (C=O) groups is 1.